The number of piperazine rings is 1. The highest BCUT2D eigenvalue weighted by atomic mass is 16.5. The Morgan fingerprint density at radius 2 is 1.92 bits per heavy atom. The molecular formula is C20H32N4O2. The Labute approximate surface area is 156 Å². The minimum atomic E-state index is 0.0519. The summed E-state index contributed by atoms with van der Waals surface area (Å²) < 4.78 is 5.83. The highest BCUT2D eigenvalue weighted by Gasteiger charge is 2.26. The average molecular weight is 361 g/mol. The fraction of sp³-hybridized carbons (Fsp3) is 0.650. The highest BCUT2D eigenvalue weighted by Crippen LogP contribution is 2.27. The quantitative estimate of drug-likeness (QED) is 0.775. The zero-order valence-electron chi connectivity index (χ0n) is 15.8. The van der Waals surface area contributed by atoms with Gasteiger partial charge >= 0.3 is 0 Å². The van der Waals surface area contributed by atoms with Crippen LogP contribution in [-0.2, 0) is 4.79 Å². The summed E-state index contributed by atoms with van der Waals surface area (Å²) in [7, 11) is 2.16. The van der Waals surface area contributed by atoms with Crippen molar-refractivity contribution in [3.05, 3.63) is 24.3 Å². The second kappa shape index (κ2) is 9.35. The molecule has 26 heavy (non-hydrogen) atoms. The van der Waals surface area contributed by atoms with Crippen molar-refractivity contribution in [2.24, 2.45) is 11.7 Å². The molecule has 1 saturated heterocycles. The summed E-state index contributed by atoms with van der Waals surface area (Å²) in [4.78, 5) is 16.9. The number of hydrogen-bond acceptors (Lipinski definition) is 5. The zero-order valence-corrected chi connectivity index (χ0v) is 15.8. The van der Waals surface area contributed by atoms with Crippen LogP contribution in [0.15, 0.2) is 24.3 Å². The van der Waals surface area contributed by atoms with E-state index in [1.54, 1.807) is 0 Å². The van der Waals surface area contributed by atoms with E-state index in [0.29, 0.717) is 18.9 Å². The molecule has 0 unspecified atom stereocenters. The molecule has 1 heterocycles. The van der Waals surface area contributed by atoms with Gasteiger partial charge in [0.05, 0.1) is 0 Å². The number of nitrogens with one attached hydrogen (secondary N) is 1. The molecule has 0 aromatic heterocycles. The van der Waals surface area contributed by atoms with E-state index in [-0.39, 0.29) is 11.9 Å². The van der Waals surface area contributed by atoms with Crippen LogP contribution in [0.25, 0.3) is 0 Å². The van der Waals surface area contributed by atoms with Gasteiger partial charge in [0.25, 0.3) is 0 Å². The minimum absolute atomic E-state index is 0.0519. The van der Waals surface area contributed by atoms with Gasteiger partial charge in [0.1, 0.15) is 12.4 Å². The topological polar surface area (TPSA) is 70.8 Å². The number of nitrogens with zero attached hydrogens (tertiary/aromatic N) is 2. The van der Waals surface area contributed by atoms with E-state index >= 15 is 0 Å². The molecule has 1 aromatic carbocycles. The van der Waals surface area contributed by atoms with Crippen LogP contribution in [0.2, 0.25) is 0 Å². The Bertz CT molecular complexity index is 570. The fourth-order valence-corrected chi connectivity index (χ4v) is 3.77. The molecule has 144 valence electrons. The van der Waals surface area contributed by atoms with Gasteiger partial charge in [0, 0.05) is 50.9 Å². The molecule has 2 fully saturated rings. The van der Waals surface area contributed by atoms with Crippen molar-refractivity contribution in [1.82, 2.24) is 9.80 Å². The van der Waals surface area contributed by atoms with Gasteiger partial charge in [-0.3, -0.25) is 9.69 Å². The van der Waals surface area contributed by atoms with Crippen molar-refractivity contribution in [3.8, 4) is 5.75 Å². The van der Waals surface area contributed by atoms with Gasteiger partial charge in [-0.25, -0.2) is 0 Å². The van der Waals surface area contributed by atoms with Gasteiger partial charge in [-0.05, 0) is 50.1 Å². The van der Waals surface area contributed by atoms with E-state index in [1.807, 2.05) is 24.3 Å². The maximum atomic E-state index is 12.2. The number of carbonyl (C=O) groups excluding carboxylic acids is 1. The third kappa shape index (κ3) is 5.69. The summed E-state index contributed by atoms with van der Waals surface area (Å²) in [6, 6.07) is 7.81. The number of rotatable bonds is 7. The number of ether oxygens (including phenoxy) is 1. The van der Waals surface area contributed by atoms with Crippen molar-refractivity contribution < 1.29 is 9.53 Å². The van der Waals surface area contributed by atoms with Crippen LogP contribution < -0.4 is 15.8 Å². The van der Waals surface area contributed by atoms with Crippen molar-refractivity contribution in [1.29, 1.82) is 0 Å². The van der Waals surface area contributed by atoms with Gasteiger partial charge in [-0.1, -0.05) is 6.42 Å². The molecule has 6 heteroatoms. The lowest BCUT2D eigenvalue weighted by atomic mass is 10.00. The SMILES string of the molecule is CN1CCN(CCOc2ccc(NC(=O)C[C@@H]3CCC[C@H]3N)cc2)CC1. The molecule has 2 aliphatic rings. The predicted molar refractivity (Wildman–Crippen MR) is 104 cm³/mol. The lowest BCUT2D eigenvalue weighted by molar-refractivity contribution is -0.117. The van der Waals surface area contributed by atoms with Crippen LogP contribution in [-0.4, -0.2) is 68.1 Å². The molecule has 1 aliphatic heterocycles. The second-order valence-corrected chi connectivity index (χ2v) is 7.62. The third-order valence-corrected chi connectivity index (χ3v) is 5.58. The largest absolute Gasteiger partial charge is 0.492 e. The van der Waals surface area contributed by atoms with Crippen molar-refractivity contribution in [2.75, 3.05) is 51.7 Å². The number of amides is 1. The van der Waals surface area contributed by atoms with E-state index in [0.717, 1.165) is 63.4 Å². The summed E-state index contributed by atoms with van der Waals surface area (Å²) in [5.74, 6) is 1.22. The fourth-order valence-electron chi connectivity index (χ4n) is 3.77. The summed E-state index contributed by atoms with van der Waals surface area (Å²) in [6.07, 6.45) is 3.76. The summed E-state index contributed by atoms with van der Waals surface area (Å²) in [6.45, 7) is 6.11. The van der Waals surface area contributed by atoms with Crippen LogP contribution in [0.1, 0.15) is 25.7 Å². The molecule has 1 saturated carbocycles. The Morgan fingerprint density at radius 1 is 1.19 bits per heavy atom. The van der Waals surface area contributed by atoms with Gasteiger partial charge in [0.2, 0.25) is 5.91 Å². The molecule has 3 N–H and O–H groups in total. The number of likely N-dealkylation sites (N-methyl/N-ethyl adjacent to an activating group) is 1. The molecular weight excluding hydrogens is 328 g/mol. The first kappa shape index (κ1) is 19.1. The number of benzene rings is 1. The number of carbonyl (C=O) groups is 1. The number of hydrogen-bond donors (Lipinski definition) is 2. The van der Waals surface area contributed by atoms with Gasteiger partial charge in [-0.15, -0.1) is 0 Å². The Balaban J connectivity index is 1.37. The van der Waals surface area contributed by atoms with Crippen LogP contribution in [0, 0.1) is 5.92 Å². The van der Waals surface area contributed by atoms with Crippen molar-refractivity contribution >= 4 is 11.6 Å². The molecule has 1 amide bonds. The van der Waals surface area contributed by atoms with Gasteiger partial charge in [-0.2, -0.15) is 0 Å². The summed E-state index contributed by atoms with van der Waals surface area (Å²) in [5, 5.41) is 2.97. The molecule has 0 spiro atoms. The second-order valence-electron chi connectivity index (χ2n) is 7.62. The van der Waals surface area contributed by atoms with Crippen LogP contribution in [0.3, 0.4) is 0 Å². The zero-order chi connectivity index (χ0) is 18.4. The minimum Gasteiger partial charge on any atom is -0.492 e. The third-order valence-electron chi connectivity index (χ3n) is 5.58. The first-order valence-corrected chi connectivity index (χ1v) is 9.79. The maximum Gasteiger partial charge on any atom is 0.224 e. The molecule has 1 aromatic rings. The lowest BCUT2D eigenvalue weighted by Crippen LogP contribution is -2.45. The smallest absolute Gasteiger partial charge is 0.224 e. The Hall–Kier alpha value is -1.63. The lowest BCUT2D eigenvalue weighted by Gasteiger charge is -2.32. The molecule has 1 aliphatic carbocycles. The first-order chi connectivity index (χ1) is 12.6. The average Bonchev–Trinajstić information content (AvgIpc) is 3.03. The molecule has 3 rings (SSSR count). The van der Waals surface area contributed by atoms with E-state index in [2.05, 4.69) is 22.2 Å². The van der Waals surface area contributed by atoms with E-state index in [1.165, 1.54) is 0 Å². The van der Waals surface area contributed by atoms with E-state index in [4.69, 9.17) is 10.5 Å². The number of nitrogens with two attached hydrogens (primary N) is 1. The van der Waals surface area contributed by atoms with Gasteiger partial charge < -0.3 is 20.7 Å². The monoisotopic (exact) mass is 360 g/mol. The highest BCUT2D eigenvalue weighted by molar-refractivity contribution is 5.90. The van der Waals surface area contributed by atoms with Crippen molar-refractivity contribution in [3.63, 3.8) is 0 Å². The van der Waals surface area contributed by atoms with Crippen LogP contribution in [0.4, 0.5) is 5.69 Å². The van der Waals surface area contributed by atoms with Crippen LogP contribution >= 0.6 is 0 Å². The normalized spacial score (nSPS) is 24.5. The number of anilines is 1. The van der Waals surface area contributed by atoms with Gasteiger partial charge in [0.15, 0.2) is 0 Å². The summed E-state index contributed by atoms with van der Waals surface area (Å²) in [5.41, 5.74) is 6.86. The summed E-state index contributed by atoms with van der Waals surface area (Å²) >= 11 is 0. The molecule has 6 nitrogen and oxygen atoms in total. The molecule has 0 radical (unpaired) electrons. The van der Waals surface area contributed by atoms with Crippen molar-refractivity contribution in [2.45, 2.75) is 31.7 Å². The van der Waals surface area contributed by atoms with E-state index in [9.17, 15) is 4.79 Å². The standard InChI is InChI=1S/C20H32N4O2/c1-23-9-11-24(12-10-23)13-14-26-18-7-5-17(6-8-18)22-20(25)15-16-3-2-4-19(16)21/h5-8,16,19H,2-4,9-15,21H2,1H3,(H,22,25)/t16-,19+/m0/s1. The molecule has 0 bridgehead atoms. The van der Waals surface area contributed by atoms with E-state index < -0.39 is 0 Å². The Kier molecular flexibility index (Phi) is 6.88. The Morgan fingerprint density at radius 3 is 2.58 bits per heavy atom. The first-order valence-electron chi connectivity index (χ1n) is 9.79. The molecule has 2 atom stereocenters. The maximum absolute atomic E-state index is 12.2. The van der Waals surface area contributed by atoms with Crippen LogP contribution in [0.5, 0.6) is 5.75 Å². The predicted octanol–water partition coefficient (Wildman–Crippen LogP) is 1.77.